The summed E-state index contributed by atoms with van der Waals surface area (Å²) in [5, 5.41) is 0. The molecule has 2 nitrogen and oxygen atoms in total. The van der Waals surface area contributed by atoms with Gasteiger partial charge in [0.15, 0.2) is 0 Å². The maximum atomic E-state index is 6.48. The van der Waals surface area contributed by atoms with Crippen molar-refractivity contribution < 1.29 is 4.74 Å². The molecule has 3 heteroatoms. The second-order valence-electron chi connectivity index (χ2n) is 13.5. The second-order valence-corrected chi connectivity index (χ2v) is 13.5. The van der Waals surface area contributed by atoms with Gasteiger partial charge >= 0.3 is 6.85 Å². The molecular formula is C35H38BNO. The Morgan fingerprint density at radius 3 is 1.42 bits per heavy atom. The smallest absolute Gasteiger partial charge is 0.335 e. The third kappa shape index (κ3) is 3.62. The summed E-state index contributed by atoms with van der Waals surface area (Å²) in [6.45, 7) is 18.8. The first-order chi connectivity index (χ1) is 17.9. The van der Waals surface area contributed by atoms with Crippen LogP contribution in [0.15, 0.2) is 84.9 Å². The number of rotatable bonds is 1. The fourth-order valence-electron chi connectivity index (χ4n) is 6.50. The average molecular weight is 500 g/mol. The first kappa shape index (κ1) is 24.9. The normalized spacial score (nSPS) is 15.7. The first-order valence-corrected chi connectivity index (χ1v) is 13.8. The molecule has 2 heterocycles. The van der Waals surface area contributed by atoms with Gasteiger partial charge in [0.05, 0.1) is 0 Å². The predicted octanol–water partition coefficient (Wildman–Crippen LogP) is 7.97. The fourth-order valence-corrected chi connectivity index (χ4v) is 6.50. The van der Waals surface area contributed by atoms with Gasteiger partial charge in [-0.05, 0) is 56.1 Å². The number of hydrogen-bond donors (Lipinski definition) is 0. The predicted molar refractivity (Wildman–Crippen MR) is 163 cm³/mol. The molecule has 4 aromatic carbocycles. The molecule has 0 N–H and O–H groups in total. The molecule has 0 atom stereocenters. The van der Waals surface area contributed by atoms with Crippen molar-refractivity contribution in [3.8, 4) is 11.5 Å². The second kappa shape index (κ2) is 8.27. The molecular weight excluding hydrogens is 461 g/mol. The molecule has 0 bridgehead atoms. The van der Waals surface area contributed by atoms with E-state index in [0.29, 0.717) is 0 Å². The van der Waals surface area contributed by atoms with E-state index in [1.54, 1.807) is 0 Å². The third-order valence-electron chi connectivity index (χ3n) is 8.42. The summed E-state index contributed by atoms with van der Waals surface area (Å²) in [5.74, 6) is 1.87. The number of ether oxygens (including phenoxy) is 1. The van der Waals surface area contributed by atoms with Crippen LogP contribution < -0.4 is 20.5 Å². The van der Waals surface area contributed by atoms with Crippen molar-refractivity contribution in [2.75, 3.05) is 4.81 Å². The molecule has 2 aliphatic rings. The van der Waals surface area contributed by atoms with E-state index in [4.69, 9.17) is 4.74 Å². The third-order valence-corrected chi connectivity index (χ3v) is 8.42. The molecule has 6 rings (SSSR count). The Hall–Kier alpha value is -3.46. The maximum Gasteiger partial charge on any atom is 0.335 e. The lowest BCUT2D eigenvalue weighted by atomic mass is 9.46. The van der Waals surface area contributed by atoms with Crippen LogP contribution in [0.4, 0.5) is 11.4 Å². The van der Waals surface area contributed by atoms with Gasteiger partial charge < -0.3 is 9.55 Å². The summed E-state index contributed by atoms with van der Waals surface area (Å²) >= 11 is 0. The van der Waals surface area contributed by atoms with E-state index in [1.165, 1.54) is 44.6 Å². The summed E-state index contributed by atoms with van der Waals surface area (Å²) in [5.41, 5.74) is 10.4. The van der Waals surface area contributed by atoms with E-state index in [1.807, 2.05) is 0 Å². The lowest BCUT2D eigenvalue weighted by Crippen LogP contribution is -2.59. The van der Waals surface area contributed by atoms with Crippen molar-refractivity contribution in [1.29, 1.82) is 0 Å². The Morgan fingerprint density at radius 2 is 1.00 bits per heavy atom. The van der Waals surface area contributed by atoms with Crippen LogP contribution >= 0.6 is 0 Å². The molecule has 0 fully saturated rings. The number of hydrogen-bond acceptors (Lipinski definition) is 2. The Morgan fingerprint density at radius 1 is 0.579 bits per heavy atom. The lowest BCUT2D eigenvalue weighted by molar-refractivity contribution is 0.487. The molecule has 0 saturated heterocycles. The molecule has 0 aromatic heterocycles. The van der Waals surface area contributed by atoms with Crippen LogP contribution in [0.2, 0.25) is 0 Å². The van der Waals surface area contributed by atoms with Crippen LogP contribution in [0.3, 0.4) is 0 Å². The number of fused-ring (bicyclic) bond motifs is 4. The largest absolute Gasteiger partial charge is 0.458 e. The van der Waals surface area contributed by atoms with Crippen LogP contribution in [0.1, 0.15) is 77.6 Å². The summed E-state index contributed by atoms with van der Waals surface area (Å²) in [6, 6.07) is 31.0. The van der Waals surface area contributed by atoms with Gasteiger partial charge in [-0.1, -0.05) is 128 Å². The van der Waals surface area contributed by atoms with Gasteiger partial charge in [-0.3, -0.25) is 0 Å². The fraction of sp³-hybridized carbons (Fsp3) is 0.314. The van der Waals surface area contributed by atoms with Gasteiger partial charge in [0.2, 0.25) is 0 Å². The molecule has 0 amide bonds. The Labute approximate surface area is 228 Å². The Kier molecular flexibility index (Phi) is 5.41. The lowest BCUT2D eigenvalue weighted by Gasteiger charge is -2.49. The highest BCUT2D eigenvalue weighted by atomic mass is 16.5. The zero-order chi connectivity index (χ0) is 27.0. The van der Waals surface area contributed by atoms with E-state index in [0.717, 1.165) is 11.5 Å². The van der Waals surface area contributed by atoms with Crippen LogP contribution in [0, 0.1) is 0 Å². The molecule has 0 spiro atoms. The van der Waals surface area contributed by atoms with E-state index in [-0.39, 0.29) is 23.1 Å². The van der Waals surface area contributed by atoms with Crippen LogP contribution in [0.25, 0.3) is 0 Å². The minimum atomic E-state index is -0.145. The summed E-state index contributed by atoms with van der Waals surface area (Å²) in [7, 11) is 0. The van der Waals surface area contributed by atoms with E-state index < -0.39 is 0 Å². The standard InChI is InChI=1S/C35H38BNO/c1-33(2,3)23-15-13-17-25-31(23)37(32-24(34(4,5)6)16-14-18-26(32)35(25,7)8)36-27-19-9-11-21-29(27)38-30-22-12-10-20-28(30)36/h9-22H,1-8H3. The zero-order valence-electron chi connectivity index (χ0n) is 24.0. The van der Waals surface area contributed by atoms with Crippen molar-refractivity contribution in [2.24, 2.45) is 0 Å². The van der Waals surface area contributed by atoms with Crippen LogP contribution in [-0.2, 0) is 16.2 Å². The summed E-state index contributed by atoms with van der Waals surface area (Å²) in [6.07, 6.45) is 0. The summed E-state index contributed by atoms with van der Waals surface area (Å²) in [4.78, 5) is 2.68. The van der Waals surface area contributed by atoms with Gasteiger partial charge in [-0.2, -0.15) is 0 Å². The van der Waals surface area contributed by atoms with E-state index in [2.05, 4.69) is 145 Å². The molecule has 0 radical (unpaired) electrons. The van der Waals surface area contributed by atoms with E-state index >= 15 is 0 Å². The molecule has 0 aliphatic carbocycles. The van der Waals surface area contributed by atoms with Gasteiger partial charge in [-0.15, -0.1) is 0 Å². The molecule has 2 aliphatic heterocycles. The van der Waals surface area contributed by atoms with E-state index in [9.17, 15) is 0 Å². The maximum absolute atomic E-state index is 6.48. The van der Waals surface area contributed by atoms with Crippen molar-refractivity contribution >= 4 is 29.1 Å². The molecule has 0 saturated carbocycles. The van der Waals surface area contributed by atoms with Crippen molar-refractivity contribution in [1.82, 2.24) is 0 Å². The van der Waals surface area contributed by atoms with Gasteiger partial charge in [-0.25, -0.2) is 0 Å². The van der Waals surface area contributed by atoms with Crippen molar-refractivity contribution in [3.05, 3.63) is 107 Å². The zero-order valence-corrected chi connectivity index (χ0v) is 24.0. The van der Waals surface area contributed by atoms with Crippen LogP contribution in [0.5, 0.6) is 11.5 Å². The Balaban J connectivity index is 1.80. The number of para-hydroxylation sites is 4. The highest BCUT2D eigenvalue weighted by molar-refractivity contribution is 6.90. The average Bonchev–Trinajstić information content (AvgIpc) is 2.86. The van der Waals surface area contributed by atoms with Gasteiger partial charge in [0, 0.05) is 16.8 Å². The minimum Gasteiger partial charge on any atom is -0.458 e. The van der Waals surface area contributed by atoms with Gasteiger partial charge in [0.1, 0.15) is 11.5 Å². The highest BCUT2D eigenvalue weighted by Gasteiger charge is 2.47. The molecule has 4 aromatic rings. The number of benzene rings is 4. The molecule has 38 heavy (non-hydrogen) atoms. The Bertz CT molecular complexity index is 1440. The minimum absolute atomic E-state index is 0.0169. The van der Waals surface area contributed by atoms with Crippen molar-refractivity contribution in [3.63, 3.8) is 0 Å². The number of anilines is 2. The monoisotopic (exact) mass is 499 g/mol. The molecule has 192 valence electrons. The quantitative estimate of drug-likeness (QED) is 0.246. The SMILES string of the molecule is CC(C)(C)c1cccc2c1N(B1c3ccccc3Oc3ccccc31)c1c(C(C)(C)C)cccc1C2(C)C. The first-order valence-electron chi connectivity index (χ1n) is 13.8. The highest BCUT2D eigenvalue weighted by Crippen LogP contribution is 2.55. The van der Waals surface area contributed by atoms with Crippen molar-refractivity contribution in [2.45, 2.75) is 71.6 Å². The summed E-state index contributed by atoms with van der Waals surface area (Å²) < 4.78 is 6.48. The molecule has 0 unspecified atom stereocenters. The van der Waals surface area contributed by atoms with Crippen LogP contribution in [-0.4, -0.2) is 6.85 Å². The number of nitrogens with zero attached hydrogens (tertiary/aromatic N) is 1. The topological polar surface area (TPSA) is 12.5 Å². The van der Waals surface area contributed by atoms with Gasteiger partial charge in [0.25, 0.3) is 0 Å².